The first-order valence-electron chi connectivity index (χ1n) is 15.6. The van der Waals surface area contributed by atoms with E-state index in [2.05, 4.69) is 15.4 Å². The van der Waals surface area contributed by atoms with Crippen LogP contribution < -0.4 is 15.1 Å². The summed E-state index contributed by atoms with van der Waals surface area (Å²) in [5, 5.41) is 8.00. The van der Waals surface area contributed by atoms with Crippen LogP contribution in [0.4, 0.5) is 25.1 Å². The fraction of sp³-hybridized carbons (Fsp3) is 0.353. The molecule has 15 heteroatoms. The van der Waals surface area contributed by atoms with Gasteiger partial charge in [-0.05, 0) is 44.2 Å². The third kappa shape index (κ3) is 8.40. The van der Waals surface area contributed by atoms with E-state index in [1.165, 1.54) is 15.6 Å². The first kappa shape index (κ1) is 35.4. The Morgan fingerprint density at radius 2 is 1.61 bits per heavy atom. The zero-order valence-corrected chi connectivity index (χ0v) is 28.8. The van der Waals surface area contributed by atoms with Crippen LogP contribution >= 0.6 is 0 Å². The van der Waals surface area contributed by atoms with Gasteiger partial charge in [0.15, 0.2) is 5.82 Å². The normalized spacial score (nSPS) is 14.1. The summed E-state index contributed by atoms with van der Waals surface area (Å²) in [5.41, 5.74) is 1.79. The first-order valence-corrected chi connectivity index (χ1v) is 17.4. The van der Waals surface area contributed by atoms with Crippen molar-refractivity contribution in [3.63, 3.8) is 0 Å². The quantitative estimate of drug-likeness (QED) is 0.219. The molecule has 1 N–H and O–H groups in total. The van der Waals surface area contributed by atoms with Crippen LogP contribution in [0.15, 0.2) is 60.7 Å². The summed E-state index contributed by atoms with van der Waals surface area (Å²) in [7, 11) is -4.18. The molecule has 4 aromatic rings. The summed E-state index contributed by atoms with van der Waals surface area (Å²) < 4.78 is 65.7. The molecule has 1 saturated heterocycles. The van der Waals surface area contributed by atoms with Crippen molar-refractivity contribution in [2.24, 2.45) is 0 Å². The van der Waals surface area contributed by atoms with E-state index in [1.54, 1.807) is 37.3 Å². The highest BCUT2D eigenvalue weighted by atomic mass is 32.2. The van der Waals surface area contributed by atoms with Crippen LogP contribution in [0.3, 0.4) is 0 Å². The van der Waals surface area contributed by atoms with Crippen LogP contribution in [-0.4, -0.2) is 65.5 Å². The molecule has 1 fully saturated rings. The van der Waals surface area contributed by atoms with Crippen LogP contribution in [0, 0.1) is 25.5 Å². The van der Waals surface area contributed by atoms with Crippen LogP contribution in [0.2, 0.25) is 0 Å². The highest BCUT2D eigenvalue weighted by Gasteiger charge is 2.31. The lowest BCUT2D eigenvalue weighted by Gasteiger charge is -2.32. The van der Waals surface area contributed by atoms with Gasteiger partial charge in [-0.1, -0.05) is 44.5 Å². The van der Waals surface area contributed by atoms with Gasteiger partial charge in [0.05, 0.1) is 29.0 Å². The van der Waals surface area contributed by atoms with Crippen molar-refractivity contribution < 1.29 is 35.8 Å². The number of piperidine rings is 1. The summed E-state index contributed by atoms with van der Waals surface area (Å²) in [6.07, 6.45) is 1.33. The molecule has 49 heavy (non-hydrogen) atoms. The molecule has 260 valence electrons. The number of benzene rings is 2. The van der Waals surface area contributed by atoms with E-state index in [0.29, 0.717) is 35.0 Å². The Hall–Kier alpha value is -4.89. The van der Waals surface area contributed by atoms with Gasteiger partial charge in [-0.2, -0.15) is 13.5 Å². The first-order chi connectivity index (χ1) is 23.0. The minimum absolute atomic E-state index is 0.0600. The van der Waals surface area contributed by atoms with E-state index in [4.69, 9.17) is 9.02 Å². The number of amides is 3. The van der Waals surface area contributed by atoms with Gasteiger partial charge in [-0.3, -0.25) is 4.79 Å². The Labute approximate surface area is 283 Å². The lowest BCUT2D eigenvalue weighted by atomic mass is 9.92. The number of aromatic nitrogens is 3. The fourth-order valence-corrected chi connectivity index (χ4v) is 5.59. The van der Waals surface area contributed by atoms with E-state index < -0.39 is 44.7 Å². The SMILES string of the molecule is Cc1ccc(-n2nc(C(C)(C)C)cc2N(OS(C)(=O)=O)C(=O)Nc2ccc(OC3CCN(C(=O)c4c(F)cccc4F)CC3)nc2C)cc1. The molecule has 0 radical (unpaired) electrons. The number of aryl methyl sites for hydroxylation is 2. The Morgan fingerprint density at radius 3 is 2.18 bits per heavy atom. The minimum Gasteiger partial charge on any atom is -0.474 e. The molecule has 1 aliphatic heterocycles. The summed E-state index contributed by atoms with van der Waals surface area (Å²) >= 11 is 0. The average Bonchev–Trinajstić information content (AvgIpc) is 3.47. The molecule has 0 aliphatic carbocycles. The number of carbonyl (C=O) groups excluding carboxylic acids is 2. The van der Waals surface area contributed by atoms with E-state index in [1.807, 2.05) is 39.8 Å². The second kappa shape index (κ2) is 13.9. The van der Waals surface area contributed by atoms with Crippen molar-refractivity contribution in [1.29, 1.82) is 0 Å². The Morgan fingerprint density at radius 1 is 0.980 bits per heavy atom. The van der Waals surface area contributed by atoms with Gasteiger partial charge in [-0.15, -0.1) is 9.35 Å². The Balaban J connectivity index is 1.31. The molecule has 0 unspecified atom stereocenters. The maximum Gasteiger partial charge on any atom is 0.353 e. The molecule has 0 atom stereocenters. The second-order valence-electron chi connectivity index (χ2n) is 12.9. The van der Waals surface area contributed by atoms with Gasteiger partial charge >= 0.3 is 6.03 Å². The largest absolute Gasteiger partial charge is 0.474 e. The van der Waals surface area contributed by atoms with E-state index >= 15 is 0 Å². The third-order valence-electron chi connectivity index (χ3n) is 7.84. The lowest BCUT2D eigenvalue weighted by Crippen LogP contribution is -2.42. The van der Waals surface area contributed by atoms with E-state index in [9.17, 15) is 26.8 Å². The van der Waals surface area contributed by atoms with Crippen molar-refractivity contribution in [2.45, 2.75) is 59.0 Å². The lowest BCUT2D eigenvalue weighted by molar-refractivity contribution is 0.0579. The number of pyridine rings is 1. The van der Waals surface area contributed by atoms with E-state index in [-0.39, 0.29) is 36.6 Å². The van der Waals surface area contributed by atoms with E-state index in [0.717, 1.165) is 24.0 Å². The van der Waals surface area contributed by atoms with Crippen LogP contribution in [-0.2, 0) is 19.8 Å². The van der Waals surface area contributed by atoms with Crippen molar-refractivity contribution >= 4 is 33.6 Å². The van der Waals surface area contributed by atoms with Crippen LogP contribution in [0.1, 0.15) is 60.9 Å². The molecular weight excluding hydrogens is 658 g/mol. The standard InChI is InChI=1S/C34H38F2N6O6S/c1-21-10-12-23(13-11-21)41-30(20-28(39-41)34(3,4)5)42(48-49(6,45)46)33(44)38-27-14-15-29(37-22(27)2)47-24-16-18-40(19-17-24)32(43)31-25(35)8-7-9-26(31)36/h7-15,20,24H,16-19H2,1-6H3,(H,38,44). The third-order valence-corrected chi connectivity index (χ3v) is 8.25. The van der Waals surface area contributed by atoms with Gasteiger partial charge in [-0.25, -0.2) is 23.2 Å². The minimum atomic E-state index is -4.18. The zero-order valence-electron chi connectivity index (χ0n) is 28.0. The number of hydroxylamine groups is 1. The second-order valence-corrected chi connectivity index (χ2v) is 14.4. The number of anilines is 2. The van der Waals surface area contributed by atoms with Gasteiger partial charge in [0.2, 0.25) is 5.88 Å². The number of hydrogen-bond acceptors (Lipinski definition) is 8. The Bertz CT molecular complexity index is 1950. The molecule has 0 bridgehead atoms. The van der Waals surface area contributed by atoms with Crippen molar-refractivity contribution in [3.8, 4) is 11.6 Å². The Kier molecular flexibility index (Phi) is 10.1. The number of likely N-dealkylation sites (tertiary alicyclic amines) is 1. The van der Waals surface area contributed by atoms with Gasteiger partial charge in [0.25, 0.3) is 16.0 Å². The zero-order chi connectivity index (χ0) is 35.7. The summed E-state index contributed by atoms with van der Waals surface area (Å²) in [4.78, 5) is 32.3. The van der Waals surface area contributed by atoms with Gasteiger partial charge in [0.1, 0.15) is 23.3 Å². The monoisotopic (exact) mass is 696 g/mol. The maximum absolute atomic E-state index is 14.1. The van der Waals surface area contributed by atoms with Gasteiger partial charge in [0, 0.05) is 43.5 Å². The number of rotatable bonds is 8. The van der Waals surface area contributed by atoms with Crippen molar-refractivity contribution in [3.05, 3.63) is 94.8 Å². The van der Waals surface area contributed by atoms with Crippen molar-refractivity contribution in [1.82, 2.24) is 19.7 Å². The number of ether oxygens (including phenoxy) is 1. The molecule has 2 aromatic heterocycles. The van der Waals surface area contributed by atoms with Crippen LogP contribution in [0.5, 0.6) is 5.88 Å². The number of hydrogen-bond donors (Lipinski definition) is 1. The molecule has 1 aliphatic rings. The van der Waals surface area contributed by atoms with Gasteiger partial charge < -0.3 is 15.0 Å². The van der Waals surface area contributed by atoms with Crippen molar-refractivity contribution in [2.75, 3.05) is 29.7 Å². The number of carbonyl (C=O) groups is 2. The molecule has 5 rings (SSSR count). The summed E-state index contributed by atoms with van der Waals surface area (Å²) in [5.74, 6) is -2.21. The molecular formula is C34H38F2N6O6S. The van der Waals surface area contributed by atoms with Crippen LogP contribution in [0.25, 0.3) is 5.69 Å². The highest BCUT2D eigenvalue weighted by molar-refractivity contribution is 7.86. The summed E-state index contributed by atoms with van der Waals surface area (Å²) in [6.45, 7) is 9.85. The summed E-state index contributed by atoms with van der Waals surface area (Å²) in [6, 6.07) is 14.4. The number of nitrogens with zero attached hydrogens (tertiary/aromatic N) is 5. The fourth-order valence-electron chi connectivity index (χ4n) is 5.18. The predicted octanol–water partition coefficient (Wildman–Crippen LogP) is 6.07. The molecule has 12 nitrogen and oxygen atoms in total. The molecule has 2 aromatic carbocycles. The molecule has 3 amide bonds. The average molecular weight is 697 g/mol. The highest BCUT2D eigenvalue weighted by Crippen LogP contribution is 2.30. The topological polar surface area (TPSA) is 136 Å². The number of halogens is 2. The number of urea groups is 1. The predicted molar refractivity (Wildman–Crippen MR) is 179 cm³/mol. The smallest absolute Gasteiger partial charge is 0.353 e. The maximum atomic E-state index is 14.1. The molecule has 3 heterocycles. The molecule has 0 spiro atoms. The number of nitrogens with one attached hydrogen (secondary N) is 1. The molecule has 0 saturated carbocycles.